The van der Waals surface area contributed by atoms with Crippen LogP contribution in [0.25, 0.3) is 88.3 Å². The van der Waals surface area contributed by atoms with Gasteiger partial charge in [0.1, 0.15) is 0 Å². The van der Waals surface area contributed by atoms with Gasteiger partial charge in [0, 0.05) is 32.3 Å². The Hall–Kier alpha value is -8.63. The maximum absolute atomic E-state index is 2.66. The molecule has 0 atom stereocenters. The topological polar surface area (TPSA) is 3.24 Å². The monoisotopic (exact) mass is 973 g/mol. The van der Waals surface area contributed by atoms with Gasteiger partial charge in [-0.2, -0.15) is 0 Å². The van der Waals surface area contributed by atoms with Crippen LogP contribution in [-0.2, 0) is 5.41 Å². The summed E-state index contributed by atoms with van der Waals surface area (Å²) in [6.07, 6.45) is 0. The van der Waals surface area contributed by atoms with E-state index in [2.05, 4.69) is 287 Å². The quantitative estimate of drug-likeness (QED) is 0.116. The molecule has 0 N–H and O–H groups in total. The second-order valence-corrected chi connectivity index (χ2v) is 22.2. The van der Waals surface area contributed by atoms with Crippen molar-refractivity contribution in [3.05, 3.63) is 266 Å². The van der Waals surface area contributed by atoms with E-state index in [0.29, 0.717) is 0 Å². The van der Waals surface area contributed by atoms with Gasteiger partial charge < -0.3 is 4.90 Å². The number of rotatable bonds is 7. The number of hydrogen-bond donors (Lipinski definition) is 0. The number of hydrogen-bond acceptors (Lipinski definition) is 2. The average molecular weight is 974 g/mol. The fourth-order valence-electron chi connectivity index (χ4n) is 12.1. The lowest BCUT2D eigenvalue weighted by Gasteiger charge is -2.42. The van der Waals surface area contributed by atoms with E-state index in [1.165, 1.54) is 137 Å². The van der Waals surface area contributed by atoms with Crippen LogP contribution in [0.5, 0.6) is 0 Å². The summed E-state index contributed by atoms with van der Waals surface area (Å²) in [5.41, 5.74) is 23.4. The zero-order valence-electron chi connectivity index (χ0n) is 42.3. The van der Waals surface area contributed by atoms with Gasteiger partial charge in [0.2, 0.25) is 6.71 Å². The molecule has 0 fully saturated rings. The summed E-state index contributed by atoms with van der Waals surface area (Å²) in [5, 5.41) is 4.99. The van der Waals surface area contributed by atoms with E-state index < -0.39 is 0 Å². The first kappa shape index (κ1) is 45.0. The molecule has 3 heteroatoms. The molecule has 0 radical (unpaired) electrons. The van der Waals surface area contributed by atoms with Crippen molar-refractivity contribution >= 4 is 73.5 Å². The highest BCUT2D eigenvalue weighted by molar-refractivity contribution is 8.00. The first-order chi connectivity index (χ1) is 36.9. The highest BCUT2D eigenvalue weighted by atomic mass is 32.2. The van der Waals surface area contributed by atoms with Gasteiger partial charge in [-0.3, -0.25) is 0 Å². The highest BCUT2D eigenvalue weighted by Gasteiger charge is 2.43. The molecule has 0 spiro atoms. The lowest BCUT2D eigenvalue weighted by molar-refractivity contribution is 0.589. The summed E-state index contributed by atoms with van der Waals surface area (Å²) in [5.74, 6) is 0. The van der Waals surface area contributed by atoms with Gasteiger partial charge in [0.25, 0.3) is 0 Å². The third-order valence-corrected chi connectivity index (χ3v) is 16.8. The predicted molar refractivity (Wildman–Crippen MR) is 323 cm³/mol. The van der Waals surface area contributed by atoms with Crippen molar-refractivity contribution in [3.8, 4) is 66.8 Å². The highest BCUT2D eigenvalue weighted by Crippen LogP contribution is 2.51. The SMILES string of the molecule is CC(C)(C)c1cc2c3c(c1)N(c1c(-c4ccccc4)cccc1-c1ccccc1)c1cc(-c4ccc5c(-c6ccccc6)c6ccccc6c(-c6ccccc6)c5c4)ccc1B3c1ccc(-c3ccccc3)cc1S2. The summed E-state index contributed by atoms with van der Waals surface area (Å²) in [6, 6.07) is 97.4. The minimum absolute atomic E-state index is 0.00976. The number of benzene rings is 12. The molecule has 2 aliphatic heterocycles. The Morgan fingerprint density at radius 1 is 0.333 bits per heavy atom. The molecular weight excluding hydrogens is 922 g/mol. The van der Waals surface area contributed by atoms with Crippen LogP contribution in [0, 0.1) is 0 Å². The van der Waals surface area contributed by atoms with Crippen molar-refractivity contribution in [2.24, 2.45) is 0 Å². The Kier molecular flexibility index (Phi) is 10.9. The van der Waals surface area contributed by atoms with Crippen molar-refractivity contribution in [3.63, 3.8) is 0 Å². The molecule has 2 aliphatic rings. The van der Waals surface area contributed by atoms with Crippen molar-refractivity contribution in [1.82, 2.24) is 0 Å². The number of anilines is 3. The Morgan fingerprint density at radius 3 is 1.37 bits per heavy atom. The lowest BCUT2D eigenvalue weighted by atomic mass is 9.34. The van der Waals surface area contributed by atoms with Crippen molar-refractivity contribution < 1.29 is 0 Å². The van der Waals surface area contributed by atoms with E-state index in [1.54, 1.807) is 0 Å². The molecule has 0 aliphatic carbocycles. The van der Waals surface area contributed by atoms with E-state index >= 15 is 0 Å². The van der Waals surface area contributed by atoms with E-state index in [1.807, 2.05) is 11.8 Å². The van der Waals surface area contributed by atoms with E-state index in [0.717, 1.165) is 0 Å². The van der Waals surface area contributed by atoms with Gasteiger partial charge in [0.15, 0.2) is 0 Å². The summed E-state index contributed by atoms with van der Waals surface area (Å²) in [4.78, 5) is 5.30. The van der Waals surface area contributed by atoms with Crippen LogP contribution in [0.2, 0.25) is 0 Å². The fraction of sp³-hybridized carbons (Fsp3) is 0.0556. The van der Waals surface area contributed by atoms with Gasteiger partial charge in [-0.1, -0.05) is 269 Å². The molecular formula is C72H52BNS. The molecule has 0 unspecified atom stereocenters. The molecule has 0 aromatic heterocycles. The summed E-state index contributed by atoms with van der Waals surface area (Å²) < 4.78 is 0. The smallest absolute Gasteiger partial charge is 0.249 e. The molecule has 12 aromatic rings. The third-order valence-electron chi connectivity index (χ3n) is 15.7. The minimum Gasteiger partial charge on any atom is -0.310 e. The van der Waals surface area contributed by atoms with Crippen LogP contribution < -0.4 is 21.3 Å². The molecule has 0 saturated carbocycles. The lowest BCUT2D eigenvalue weighted by Crippen LogP contribution is -2.60. The molecule has 2 heterocycles. The van der Waals surface area contributed by atoms with E-state index in [4.69, 9.17) is 0 Å². The van der Waals surface area contributed by atoms with E-state index in [-0.39, 0.29) is 12.1 Å². The first-order valence-corrected chi connectivity index (χ1v) is 27.0. The Bertz CT molecular complexity index is 4110. The zero-order valence-corrected chi connectivity index (χ0v) is 43.1. The number of fused-ring (bicyclic) bond motifs is 6. The first-order valence-electron chi connectivity index (χ1n) is 26.2. The van der Waals surface area contributed by atoms with Crippen LogP contribution in [0.4, 0.5) is 17.1 Å². The van der Waals surface area contributed by atoms with Gasteiger partial charge >= 0.3 is 0 Å². The number of nitrogens with zero attached hydrogens (tertiary/aromatic N) is 1. The van der Waals surface area contributed by atoms with Crippen LogP contribution in [0.3, 0.4) is 0 Å². The molecule has 14 rings (SSSR count). The molecule has 1 nitrogen and oxygen atoms in total. The second-order valence-electron chi connectivity index (χ2n) is 21.1. The van der Waals surface area contributed by atoms with Gasteiger partial charge in [-0.15, -0.1) is 0 Å². The third kappa shape index (κ3) is 7.64. The van der Waals surface area contributed by atoms with Gasteiger partial charge in [0.05, 0.1) is 5.69 Å². The van der Waals surface area contributed by atoms with Crippen molar-refractivity contribution in [1.29, 1.82) is 0 Å². The molecule has 75 heavy (non-hydrogen) atoms. The summed E-state index contributed by atoms with van der Waals surface area (Å²) in [7, 11) is 0. The van der Waals surface area contributed by atoms with Crippen molar-refractivity contribution in [2.45, 2.75) is 36.0 Å². The summed E-state index contributed by atoms with van der Waals surface area (Å²) in [6.45, 7) is 7.08. The molecule has 354 valence electrons. The zero-order chi connectivity index (χ0) is 50.2. The van der Waals surface area contributed by atoms with Gasteiger partial charge in [-0.25, -0.2) is 0 Å². The van der Waals surface area contributed by atoms with Crippen LogP contribution in [-0.4, -0.2) is 6.71 Å². The normalized spacial score (nSPS) is 12.6. The fourth-order valence-corrected chi connectivity index (χ4v) is 13.3. The molecule has 0 bridgehead atoms. The van der Waals surface area contributed by atoms with Crippen LogP contribution >= 0.6 is 11.8 Å². The largest absolute Gasteiger partial charge is 0.310 e. The molecule has 0 amide bonds. The standard InChI is InChI=1S/C72H52BNS/c1-72(2,3)55-45-65-70-67(46-55)75-66-44-54(47-22-9-4-10-23-47)38-41-63(66)73(70)62-40-37-53(43-64(62)74(65)71-56(48-24-11-5-12-25-48)34-21-35-57(71)49-26-13-6-14-27-49)52-36-39-60-61(42-52)69(51-30-17-8-18-31-51)59-33-20-19-32-58(59)68(60)50-28-15-7-16-29-50/h4-46H,1-3H3. The number of para-hydroxylation sites is 1. The van der Waals surface area contributed by atoms with Crippen molar-refractivity contribution in [2.75, 3.05) is 4.90 Å². The van der Waals surface area contributed by atoms with Crippen LogP contribution in [0.1, 0.15) is 26.3 Å². The Morgan fingerprint density at radius 2 is 0.800 bits per heavy atom. The average Bonchev–Trinajstić information content (AvgIpc) is 3.54. The molecule has 12 aromatic carbocycles. The summed E-state index contributed by atoms with van der Waals surface area (Å²) >= 11 is 1.94. The van der Waals surface area contributed by atoms with Crippen LogP contribution in [0.15, 0.2) is 271 Å². The predicted octanol–water partition coefficient (Wildman–Crippen LogP) is 18.1. The molecule has 0 saturated heterocycles. The second kappa shape index (κ2) is 18.1. The minimum atomic E-state index is -0.118. The maximum atomic E-state index is 2.66. The van der Waals surface area contributed by atoms with E-state index in [9.17, 15) is 0 Å². The maximum Gasteiger partial charge on any atom is 0.249 e. The van der Waals surface area contributed by atoms with Gasteiger partial charge in [-0.05, 0) is 129 Å². The Labute approximate surface area is 444 Å². The Balaban J connectivity index is 1.08.